The Bertz CT molecular complexity index is 337. The maximum atomic E-state index is 12.1. The van der Waals surface area contributed by atoms with E-state index in [0.717, 1.165) is 32.5 Å². The quantitative estimate of drug-likeness (QED) is 0.740. The molecule has 0 aromatic heterocycles. The van der Waals surface area contributed by atoms with Gasteiger partial charge in [0.05, 0.1) is 18.8 Å². The molecule has 4 unspecified atom stereocenters. The van der Waals surface area contributed by atoms with Crippen molar-refractivity contribution in [3.8, 4) is 0 Å². The molecule has 122 valence electrons. The smallest absolute Gasteiger partial charge is 0.237 e. The van der Waals surface area contributed by atoms with Crippen molar-refractivity contribution in [1.82, 2.24) is 15.5 Å². The van der Waals surface area contributed by atoms with Crippen molar-refractivity contribution in [2.24, 2.45) is 0 Å². The number of carbonyl (C=O) groups is 1. The molecule has 21 heavy (non-hydrogen) atoms. The van der Waals surface area contributed by atoms with Crippen molar-refractivity contribution in [2.45, 2.75) is 70.7 Å². The van der Waals surface area contributed by atoms with Gasteiger partial charge in [-0.3, -0.25) is 9.69 Å². The van der Waals surface area contributed by atoms with E-state index in [1.807, 2.05) is 6.92 Å². The van der Waals surface area contributed by atoms with Crippen molar-refractivity contribution >= 4 is 5.91 Å². The first-order valence-corrected chi connectivity index (χ1v) is 8.49. The number of fused-ring (bicyclic) bond motifs is 1. The number of nitrogens with one attached hydrogen (secondary N) is 2. The van der Waals surface area contributed by atoms with Gasteiger partial charge < -0.3 is 15.4 Å². The molecule has 1 amide bonds. The summed E-state index contributed by atoms with van der Waals surface area (Å²) in [6.45, 7) is 9.92. The number of hydrogen-bond donors (Lipinski definition) is 2. The fourth-order valence-corrected chi connectivity index (χ4v) is 3.28. The van der Waals surface area contributed by atoms with E-state index in [4.69, 9.17) is 4.74 Å². The molecule has 2 N–H and O–H groups in total. The molecule has 0 aliphatic carbocycles. The van der Waals surface area contributed by atoms with Crippen LogP contribution in [0.3, 0.4) is 0 Å². The van der Waals surface area contributed by atoms with E-state index in [2.05, 4.69) is 29.4 Å². The topological polar surface area (TPSA) is 53.6 Å². The predicted molar refractivity (Wildman–Crippen MR) is 84.3 cm³/mol. The standard InChI is InChI=1S/C16H31N3O2/c1-4-6-12(2)18-16(20)13(3)17-9-15-10-19-8-5-7-14(19)11-21-15/h12-15,17H,4-11H2,1-3H3,(H,18,20). The molecule has 2 rings (SSSR count). The molecule has 0 bridgehead atoms. The number of amides is 1. The summed E-state index contributed by atoms with van der Waals surface area (Å²) in [6, 6.07) is 0.726. The van der Waals surface area contributed by atoms with Crippen molar-refractivity contribution in [1.29, 1.82) is 0 Å². The van der Waals surface area contributed by atoms with Crippen molar-refractivity contribution in [3.63, 3.8) is 0 Å². The Hall–Kier alpha value is -0.650. The first-order valence-electron chi connectivity index (χ1n) is 8.49. The summed E-state index contributed by atoms with van der Waals surface area (Å²) in [5.41, 5.74) is 0. The van der Waals surface area contributed by atoms with Crippen LogP contribution in [0, 0.1) is 0 Å². The molecular weight excluding hydrogens is 266 g/mol. The Kier molecular flexibility index (Phi) is 6.45. The summed E-state index contributed by atoms with van der Waals surface area (Å²) < 4.78 is 5.91. The second-order valence-electron chi connectivity index (χ2n) is 6.57. The molecule has 0 saturated carbocycles. The average molecular weight is 297 g/mol. The summed E-state index contributed by atoms with van der Waals surface area (Å²) in [5.74, 6) is 0.0887. The van der Waals surface area contributed by atoms with Gasteiger partial charge in [0.2, 0.25) is 5.91 Å². The highest BCUT2D eigenvalue weighted by Crippen LogP contribution is 2.22. The van der Waals surface area contributed by atoms with Gasteiger partial charge in [0, 0.05) is 25.2 Å². The molecule has 0 radical (unpaired) electrons. The zero-order valence-corrected chi connectivity index (χ0v) is 13.7. The predicted octanol–water partition coefficient (Wildman–Crippen LogP) is 1.13. The minimum Gasteiger partial charge on any atom is -0.374 e. The van der Waals surface area contributed by atoms with Crippen molar-refractivity contribution < 1.29 is 9.53 Å². The summed E-state index contributed by atoms with van der Waals surface area (Å²) in [5, 5.41) is 6.37. The van der Waals surface area contributed by atoms with Crippen LogP contribution in [0.4, 0.5) is 0 Å². The number of nitrogens with zero attached hydrogens (tertiary/aromatic N) is 1. The van der Waals surface area contributed by atoms with Crippen LogP contribution in [0.15, 0.2) is 0 Å². The van der Waals surface area contributed by atoms with E-state index in [1.54, 1.807) is 0 Å². The third kappa shape index (κ3) is 4.94. The molecule has 2 saturated heterocycles. The van der Waals surface area contributed by atoms with Crippen LogP contribution in [-0.4, -0.2) is 61.3 Å². The minimum absolute atomic E-state index is 0.0887. The second kappa shape index (κ2) is 8.11. The largest absolute Gasteiger partial charge is 0.374 e. The Morgan fingerprint density at radius 1 is 1.43 bits per heavy atom. The zero-order chi connectivity index (χ0) is 15.2. The van der Waals surface area contributed by atoms with Gasteiger partial charge in [0.1, 0.15) is 0 Å². The summed E-state index contributed by atoms with van der Waals surface area (Å²) in [4.78, 5) is 14.6. The number of rotatable bonds is 7. The molecule has 0 aromatic carbocycles. The lowest BCUT2D eigenvalue weighted by Gasteiger charge is -2.35. The molecule has 4 atom stereocenters. The van der Waals surface area contributed by atoms with E-state index >= 15 is 0 Å². The molecular formula is C16H31N3O2. The van der Waals surface area contributed by atoms with E-state index in [9.17, 15) is 4.79 Å². The van der Waals surface area contributed by atoms with Gasteiger partial charge >= 0.3 is 0 Å². The Morgan fingerprint density at radius 3 is 3.00 bits per heavy atom. The molecule has 2 fully saturated rings. The van der Waals surface area contributed by atoms with Gasteiger partial charge in [-0.25, -0.2) is 0 Å². The lowest BCUT2D eigenvalue weighted by Crippen LogP contribution is -2.52. The van der Waals surface area contributed by atoms with Gasteiger partial charge in [-0.1, -0.05) is 13.3 Å². The van der Waals surface area contributed by atoms with Crippen LogP contribution in [-0.2, 0) is 9.53 Å². The van der Waals surface area contributed by atoms with Gasteiger partial charge in [-0.2, -0.15) is 0 Å². The van der Waals surface area contributed by atoms with Crippen LogP contribution in [0.1, 0.15) is 46.5 Å². The molecule has 5 heteroatoms. The third-order valence-electron chi connectivity index (χ3n) is 4.62. The van der Waals surface area contributed by atoms with E-state index < -0.39 is 0 Å². The fourth-order valence-electron chi connectivity index (χ4n) is 3.28. The maximum Gasteiger partial charge on any atom is 0.237 e. The molecule has 5 nitrogen and oxygen atoms in total. The normalized spacial score (nSPS) is 28.9. The number of ether oxygens (including phenoxy) is 1. The van der Waals surface area contributed by atoms with Gasteiger partial charge in [0.15, 0.2) is 0 Å². The Morgan fingerprint density at radius 2 is 2.24 bits per heavy atom. The van der Waals surface area contributed by atoms with Crippen molar-refractivity contribution in [2.75, 3.05) is 26.2 Å². The number of hydrogen-bond acceptors (Lipinski definition) is 4. The lowest BCUT2D eigenvalue weighted by molar-refractivity contribution is -0.123. The monoisotopic (exact) mass is 297 g/mol. The second-order valence-corrected chi connectivity index (χ2v) is 6.57. The lowest BCUT2D eigenvalue weighted by atomic mass is 10.1. The number of morpholine rings is 1. The molecule has 0 spiro atoms. The highest BCUT2D eigenvalue weighted by atomic mass is 16.5. The van der Waals surface area contributed by atoms with Crippen LogP contribution < -0.4 is 10.6 Å². The van der Waals surface area contributed by atoms with Crippen LogP contribution in [0.2, 0.25) is 0 Å². The highest BCUT2D eigenvalue weighted by molar-refractivity contribution is 5.81. The van der Waals surface area contributed by atoms with Gasteiger partial charge in [-0.15, -0.1) is 0 Å². The molecule has 0 aromatic rings. The minimum atomic E-state index is -0.163. The summed E-state index contributed by atoms with van der Waals surface area (Å²) >= 11 is 0. The molecule has 2 aliphatic rings. The average Bonchev–Trinajstić information content (AvgIpc) is 2.92. The molecule has 2 heterocycles. The van der Waals surface area contributed by atoms with E-state index in [-0.39, 0.29) is 24.1 Å². The van der Waals surface area contributed by atoms with Crippen molar-refractivity contribution in [3.05, 3.63) is 0 Å². The SMILES string of the molecule is CCCC(C)NC(=O)C(C)NCC1CN2CCCC2CO1. The number of carbonyl (C=O) groups excluding carboxylic acids is 1. The van der Waals surface area contributed by atoms with E-state index in [0.29, 0.717) is 6.04 Å². The Balaban J connectivity index is 1.66. The van der Waals surface area contributed by atoms with Crippen LogP contribution in [0.5, 0.6) is 0 Å². The summed E-state index contributed by atoms with van der Waals surface area (Å²) in [6.07, 6.45) is 4.90. The molecule has 2 aliphatic heterocycles. The summed E-state index contributed by atoms with van der Waals surface area (Å²) in [7, 11) is 0. The first-order chi connectivity index (χ1) is 10.1. The Labute approximate surface area is 128 Å². The zero-order valence-electron chi connectivity index (χ0n) is 13.7. The maximum absolute atomic E-state index is 12.1. The highest BCUT2D eigenvalue weighted by Gasteiger charge is 2.32. The van der Waals surface area contributed by atoms with E-state index in [1.165, 1.54) is 19.4 Å². The first kappa shape index (κ1) is 16.7. The van der Waals surface area contributed by atoms with Crippen LogP contribution >= 0.6 is 0 Å². The fraction of sp³-hybridized carbons (Fsp3) is 0.938. The van der Waals surface area contributed by atoms with Gasteiger partial charge in [-0.05, 0) is 39.7 Å². The third-order valence-corrected chi connectivity index (χ3v) is 4.62. The van der Waals surface area contributed by atoms with Gasteiger partial charge in [0.25, 0.3) is 0 Å². The van der Waals surface area contributed by atoms with Crippen LogP contribution in [0.25, 0.3) is 0 Å².